The first-order valence-electron chi connectivity index (χ1n) is 5.81. The van der Waals surface area contributed by atoms with E-state index in [9.17, 15) is 4.79 Å². The lowest BCUT2D eigenvalue weighted by Gasteiger charge is -2.24. The first-order chi connectivity index (χ1) is 7.95. The van der Waals surface area contributed by atoms with Gasteiger partial charge in [0.25, 0.3) is 0 Å². The second-order valence-electron chi connectivity index (χ2n) is 4.64. The van der Waals surface area contributed by atoms with Gasteiger partial charge in [-0.15, -0.1) is 0 Å². The maximum absolute atomic E-state index is 11.6. The van der Waals surface area contributed by atoms with Crippen molar-refractivity contribution < 1.29 is 13.9 Å². The molecule has 1 aromatic heterocycles. The number of carbonyl (C=O) groups excluding carboxylic acids is 1. The molecule has 1 rings (SSSR count). The second-order valence-corrected chi connectivity index (χ2v) is 4.64. The van der Waals surface area contributed by atoms with Crippen LogP contribution in [0.4, 0.5) is 5.88 Å². The fraction of sp³-hybridized carbons (Fsp3) is 0.615. The molecule has 0 aliphatic rings. The number of anilines is 1. The van der Waals surface area contributed by atoms with E-state index in [-0.39, 0.29) is 17.8 Å². The van der Waals surface area contributed by atoms with Gasteiger partial charge in [-0.3, -0.25) is 4.79 Å². The highest BCUT2D eigenvalue weighted by Crippen LogP contribution is 2.20. The van der Waals surface area contributed by atoms with Crippen molar-refractivity contribution in [2.24, 2.45) is 11.8 Å². The molecule has 1 aromatic rings. The van der Waals surface area contributed by atoms with Crippen molar-refractivity contribution >= 4 is 11.9 Å². The zero-order valence-corrected chi connectivity index (χ0v) is 11.2. The third-order valence-electron chi connectivity index (χ3n) is 2.88. The number of carbonyl (C=O) groups is 1. The van der Waals surface area contributed by atoms with Crippen LogP contribution in [0.5, 0.6) is 0 Å². The number of hydrogen-bond acceptors (Lipinski definition) is 4. The number of nitrogens with zero attached hydrogens (tertiary/aromatic N) is 1. The largest absolute Gasteiger partial charge is 0.469 e. The van der Waals surface area contributed by atoms with Crippen molar-refractivity contribution in [1.82, 2.24) is 0 Å². The van der Waals surface area contributed by atoms with E-state index in [2.05, 4.69) is 0 Å². The number of aryl methyl sites for hydroxylation is 1. The van der Waals surface area contributed by atoms with Gasteiger partial charge < -0.3 is 14.1 Å². The highest BCUT2D eigenvalue weighted by molar-refractivity contribution is 5.73. The number of rotatable bonds is 5. The Bertz CT molecular complexity index is 370. The zero-order chi connectivity index (χ0) is 13.0. The van der Waals surface area contributed by atoms with Gasteiger partial charge in [0.15, 0.2) is 5.88 Å². The first kappa shape index (κ1) is 13.6. The smallest absolute Gasteiger partial charge is 0.310 e. The third-order valence-corrected chi connectivity index (χ3v) is 2.88. The van der Waals surface area contributed by atoms with Crippen molar-refractivity contribution in [2.75, 3.05) is 25.6 Å². The number of furan rings is 1. The highest BCUT2D eigenvalue weighted by atomic mass is 16.5. The quantitative estimate of drug-likeness (QED) is 0.740. The normalized spacial score (nSPS) is 12.6. The molecule has 0 saturated carbocycles. The summed E-state index contributed by atoms with van der Waals surface area (Å²) in [7, 11) is 3.34. The fourth-order valence-electron chi connectivity index (χ4n) is 1.72. The predicted molar refractivity (Wildman–Crippen MR) is 67.1 cm³/mol. The summed E-state index contributed by atoms with van der Waals surface area (Å²) >= 11 is 0. The van der Waals surface area contributed by atoms with Gasteiger partial charge in [-0.2, -0.15) is 0 Å². The second kappa shape index (κ2) is 5.75. The summed E-state index contributed by atoms with van der Waals surface area (Å²) in [5.74, 6) is 1.56. The Morgan fingerprint density at radius 3 is 2.53 bits per heavy atom. The van der Waals surface area contributed by atoms with E-state index in [4.69, 9.17) is 9.15 Å². The minimum absolute atomic E-state index is 0.143. The highest BCUT2D eigenvalue weighted by Gasteiger charge is 2.25. The van der Waals surface area contributed by atoms with Gasteiger partial charge >= 0.3 is 5.97 Å². The number of esters is 1. The molecule has 4 nitrogen and oxygen atoms in total. The molecule has 0 amide bonds. The van der Waals surface area contributed by atoms with Gasteiger partial charge in [0, 0.05) is 19.7 Å². The molecule has 0 radical (unpaired) electrons. The summed E-state index contributed by atoms with van der Waals surface area (Å²) in [6, 6.07) is 3.82. The first-order valence-corrected chi connectivity index (χ1v) is 5.81. The molecule has 1 unspecified atom stereocenters. The van der Waals surface area contributed by atoms with Gasteiger partial charge in [0.1, 0.15) is 5.76 Å². The molecule has 17 heavy (non-hydrogen) atoms. The maximum atomic E-state index is 11.6. The van der Waals surface area contributed by atoms with Crippen LogP contribution in [0.15, 0.2) is 16.5 Å². The van der Waals surface area contributed by atoms with Crippen LogP contribution in [0.25, 0.3) is 0 Å². The van der Waals surface area contributed by atoms with Crippen molar-refractivity contribution in [3.05, 3.63) is 17.9 Å². The van der Waals surface area contributed by atoms with Crippen LogP contribution < -0.4 is 4.90 Å². The third kappa shape index (κ3) is 3.51. The summed E-state index contributed by atoms with van der Waals surface area (Å²) in [4.78, 5) is 13.6. The van der Waals surface area contributed by atoms with Crippen molar-refractivity contribution in [1.29, 1.82) is 0 Å². The number of ether oxygens (including phenoxy) is 1. The predicted octanol–water partition coefficient (Wildman–Crippen LogP) is 2.47. The van der Waals surface area contributed by atoms with Crippen LogP contribution >= 0.6 is 0 Å². The van der Waals surface area contributed by atoms with Gasteiger partial charge in [0.2, 0.25) is 0 Å². The summed E-state index contributed by atoms with van der Waals surface area (Å²) < 4.78 is 10.3. The minimum Gasteiger partial charge on any atom is -0.469 e. The summed E-state index contributed by atoms with van der Waals surface area (Å²) in [6.45, 7) is 6.53. The Balaban J connectivity index is 2.70. The lowest BCUT2D eigenvalue weighted by molar-refractivity contribution is -0.146. The topological polar surface area (TPSA) is 42.7 Å². The van der Waals surface area contributed by atoms with E-state index < -0.39 is 0 Å². The van der Waals surface area contributed by atoms with E-state index >= 15 is 0 Å². The molecular weight excluding hydrogens is 218 g/mol. The van der Waals surface area contributed by atoms with Crippen LogP contribution in [0.2, 0.25) is 0 Å². The lowest BCUT2D eigenvalue weighted by atomic mass is 9.95. The summed E-state index contributed by atoms with van der Waals surface area (Å²) in [5.41, 5.74) is 0. The molecule has 4 heteroatoms. The molecule has 0 bridgehead atoms. The van der Waals surface area contributed by atoms with E-state index in [1.165, 1.54) is 7.11 Å². The molecule has 0 N–H and O–H groups in total. The monoisotopic (exact) mass is 239 g/mol. The van der Waals surface area contributed by atoms with Crippen LogP contribution in [0.3, 0.4) is 0 Å². The molecule has 0 spiro atoms. The van der Waals surface area contributed by atoms with Crippen LogP contribution in [-0.2, 0) is 9.53 Å². The molecule has 96 valence electrons. The average molecular weight is 239 g/mol. The van der Waals surface area contributed by atoms with Gasteiger partial charge in [-0.25, -0.2) is 0 Å². The standard InChI is InChI=1S/C13H21NO3/c1-9(2)11(13(15)16-5)8-14(4)12-7-6-10(3)17-12/h6-7,9,11H,8H2,1-5H3. The van der Waals surface area contributed by atoms with Crippen LogP contribution in [-0.4, -0.2) is 26.7 Å². The zero-order valence-electron chi connectivity index (χ0n) is 11.2. The van der Waals surface area contributed by atoms with Gasteiger partial charge in [0.05, 0.1) is 13.0 Å². The molecule has 0 saturated heterocycles. The van der Waals surface area contributed by atoms with Gasteiger partial charge in [-0.05, 0) is 18.9 Å². The summed E-state index contributed by atoms with van der Waals surface area (Å²) in [5, 5.41) is 0. The van der Waals surface area contributed by atoms with Crippen LogP contribution in [0, 0.1) is 18.8 Å². The Labute approximate surface area is 103 Å². The molecule has 0 aromatic carbocycles. The van der Waals surface area contributed by atoms with Gasteiger partial charge in [-0.1, -0.05) is 13.8 Å². The minimum atomic E-state index is -0.171. The molecule has 0 fully saturated rings. The van der Waals surface area contributed by atoms with E-state index in [1.54, 1.807) is 0 Å². The fourth-order valence-corrected chi connectivity index (χ4v) is 1.72. The Kier molecular flexibility index (Phi) is 4.61. The van der Waals surface area contributed by atoms with E-state index in [0.29, 0.717) is 6.54 Å². The van der Waals surface area contributed by atoms with Crippen molar-refractivity contribution in [3.8, 4) is 0 Å². The number of hydrogen-bond donors (Lipinski definition) is 0. The Morgan fingerprint density at radius 1 is 1.47 bits per heavy atom. The van der Waals surface area contributed by atoms with Crippen molar-refractivity contribution in [2.45, 2.75) is 20.8 Å². The SMILES string of the molecule is COC(=O)C(CN(C)c1ccc(C)o1)C(C)C. The molecule has 1 heterocycles. The summed E-state index contributed by atoms with van der Waals surface area (Å²) in [6.07, 6.45) is 0. The maximum Gasteiger partial charge on any atom is 0.310 e. The molecule has 1 atom stereocenters. The van der Waals surface area contributed by atoms with E-state index in [0.717, 1.165) is 11.6 Å². The van der Waals surface area contributed by atoms with E-state index in [1.807, 2.05) is 44.9 Å². The molecule has 0 aliphatic carbocycles. The van der Waals surface area contributed by atoms with Crippen molar-refractivity contribution in [3.63, 3.8) is 0 Å². The van der Waals surface area contributed by atoms with Crippen LogP contribution in [0.1, 0.15) is 19.6 Å². The molecule has 0 aliphatic heterocycles. The Hall–Kier alpha value is -1.45. The lowest BCUT2D eigenvalue weighted by Crippen LogP contribution is -2.34. The Morgan fingerprint density at radius 2 is 2.12 bits per heavy atom. The number of methoxy groups -OCH3 is 1. The average Bonchev–Trinajstić information content (AvgIpc) is 2.71. The molecular formula is C13H21NO3.